The Bertz CT molecular complexity index is 1060. The van der Waals surface area contributed by atoms with Crippen LogP contribution in [0.2, 0.25) is 0 Å². The highest BCUT2D eigenvalue weighted by Gasteiger charge is 2.21. The van der Waals surface area contributed by atoms with Crippen molar-refractivity contribution in [2.45, 2.75) is 26.8 Å². The Morgan fingerprint density at radius 1 is 1.17 bits per heavy atom. The minimum atomic E-state index is 0.0130. The lowest BCUT2D eigenvalue weighted by atomic mass is 10.0. The van der Waals surface area contributed by atoms with Crippen molar-refractivity contribution in [1.82, 2.24) is 9.55 Å². The van der Waals surface area contributed by atoms with Crippen molar-refractivity contribution in [3.63, 3.8) is 0 Å². The van der Waals surface area contributed by atoms with Crippen molar-refractivity contribution in [2.24, 2.45) is 0 Å². The summed E-state index contributed by atoms with van der Waals surface area (Å²) in [5.74, 6) is 0.762. The molecule has 2 aromatic carbocycles. The molecule has 4 heteroatoms. The Balaban J connectivity index is 1.91. The van der Waals surface area contributed by atoms with Gasteiger partial charge >= 0.3 is 0 Å². The van der Waals surface area contributed by atoms with Gasteiger partial charge in [0.15, 0.2) is 0 Å². The third-order valence-corrected chi connectivity index (χ3v) is 4.63. The summed E-state index contributed by atoms with van der Waals surface area (Å²) in [4.78, 5) is 17.4. The summed E-state index contributed by atoms with van der Waals surface area (Å²) in [6.45, 7) is 4.88. The van der Waals surface area contributed by atoms with E-state index in [1.165, 1.54) is 16.7 Å². The molecule has 2 heterocycles. The van der Waals surface area contributed by atoms with E-state index >= 15 is 0 Å². The Morgan fingerprint density at radius 3 is 2.79 bits per heavy atom. The molecule has 0 radical (unpaired) electrons. The van der Waals surface area contributed by atoms with Gasteiger partial charge in [-0.25, -0.2) is 4.98 Å². The number of allylic oxidation sites excluding steroid dienone is 1. The number of nitrogens with zero attached hydrogens (tertiary/aromatic N) is 2. The van der Waals surface area contributed by atoms with Crippen LogP contribution in [0.25, 0.3) is 22.6 Å². The maximum Gasteiger partial charge on any atom is 0.261 e. The molecule has 0 saturated heterocycles. The van der Waals surface area contributed by atoms with Crippen LogP contribution in [0.4, 0.5) is 5.69 Å². The summed E-state index contributed by atoms with van der Waals surface area (Å²) in [6, 6.07) is 11.7. The lowest BCUT2D eigenvalue weighted by Gasteiger charge is -2.07. The fraction of sp³-hybridized carbons (Fsp3) is 0.200. The first kappa shape index (κ1) is 14.7. The van der Waals surface area contributed by atoms with Crippen LogP contribution >= 0.6 is 0 Å². The highest BCUT2D eigenvalue weighted by atomic mass is 16.1. The molecule has 0 amide bonds. The summed E-state index contributed by atoms with van der Waals surface area (Å²) < 4.78 is 1.77. The standard InChI is InChI=1S/C20H19N3O/c1-12-3-4-14(13(2)9-12)10-15-7-8-23-19(15)22-18-11-16(21)5-6-17(18)20(23)24/h3-6,9-11H,7-8,21H2,1-2H3. The summed E-state index contributed by atoms with van der Waals surface area (Å²) in [6.07, 6.45) is 2.97. The van der Waals surface area contributed by atoms with E-state index in [9.17, 15) is 4.79 Å². The second kappa shape index (κ2) is 5.34. The normalized spacial score (nSPS) is 15.2. The number of nitrogen functional groups attached to an aromatic ring is 1. The topological polar surface area (TPSA) is 60.9 Å². The van der Waals surface area contributed by atoms with E-state index in [2.05, 4.69) is 38.1 Å². The Morgan fingerprint density at radius 2 is 2.00 bits per heavy atom. The third kappa shape index (κ3) is 2.31. The van der Waals surface area contributed by atoms with E-state index in [4.69, 9.17) is 10.7 Å². The van der Waals surface area contributed by atoms with Gasteiger partial charge in [0.05, 0.1) is 10.9 Å². The minimum Gasteiger partial charge on any atom is -0.399 e. The van der Waals surface area contributed by atoms with Crippen molar-refractivity contribution in [3.8, 4) is 0 Å². The first-order valence-corrected chi connectivity index (χ1v) is 8.11. The summed E-state index contributed by atoms with van der Waals surface area (Å²) >= 11 is 0. The minimum absolute atomic E-state index is 0.0130. The maximum absolute atomic E-state index is 12.7. The van der Waals surface area contributed by atoms with E-state index in [1.54, 1.807) is 22.8 Å². The molecule has 0 saturated carbocycles. The molecule has 120 valence electrons. The number of aromatic nitrogens is 2. The van der Waals surface area contributed by atoms with Gasteiger partial charge in [-0.3, -0.25) is 9.36 Å². The largest absolute Gasteiger partial charge is 0.399 e. The fourth-order valence-corrected chi connectivity index (χ4v) is 3.35. The number of fused-ring (bicyclic) bond motifs is 2. The molecular weight excluding hydrogens is 298 g/mol. The molecule has 4 nitrogen and oxygen atoms in total. The molecule has 0 atom stereocenters. The van der Waals surface area contributed by atoms with Crippen molar-refractivity contribution in [1.29, 1.82) is 0 Å². The Kier molecular flexibility index (Phi) is 3.27. The summed E-state index contributed by atoms with van der Waals surface area (Å²) in [7, 11) is 0. The predicted molar refractivity (Wildman–Crippen MR) is 98.8 cm³/mol. The SMILES string of the molecule is Cc1ccc(C=C2CCn3c2nc2cc(N)ccc2c3=O)c(C)c1. The summed E-state index contributed by atoms with van der Waals surface area (Å²) in [5, 5.41) is 0.626. The van der Waals surface area contributed by atoms with Crippen LogP contribution in [0, 0.1) is 13.8 Å². The number of nitrogens with two attached hydrogens (primary N) is 1. The number of anilines is 1. The van der Waals surface area contributed by atoms with Gasteiger partial charge in [-0.2, -0.15) is 0 Å². The second-order valence-electron chi connectivity index (χ2n) is 6.45. The molecule has 1 aliphatic heterocycles. The van der Waals surface area contributed by atoms with Crippen molar-refractivity contribution in [3.05, 3.63) is 69.3 Å². The molecule has 2 N–H and O–H groups in total. The van der Waals surface area contributed by atoms with Crippen LogP contribution in [0.1, 0.15) is 28.9 Å². The lowest BCUT2D eigenvalue weighted by molar-refractivity contribution is 0.725. The number of benzene rings is 2. The van der Waals surface area contributed by atoms with Gasteiger partial charge in [0.2, 0.25) is 0 Å². The number of aryl methyl sites for hydroxylation is 2. The molecule has 0 spiro atoms. The molecular formula is C20H19N3O. The van der Waals surface area contributed by atoms with E-state index < -0.39 is 0 Å². The van der Waals surface area contributed by atoms with Gasteiger partial charge in [-0.1, -0.05) is 23.8 Å². The monoisotopic (exact) mass is 317 g/mol. The highest BCUT2D eigenvalue weighted by Crippen LogP contribution is 2.28. The van der Waals surface area contributed by atoms with Gasteiger partial charge < -0.3 is 5.73 Å². The molecule has 0 unspecified atom stereocenters. The first-order valence-electron chi connectivity index (χ1n) is 8.11. The Labute approximate surface area is 140 Å². The van der Waals surface area contributed by atoms with E-state index in [0.29, 0.717) is 23.1 Å². The molecule has 4 rings (SSSR count). The number of rotatable bonds is 1. The summed E-state index contributed by atoms with van der Waals surface area (Å²) in [5.41, 5.74) is 11.9. The van der Waals surface area contributed by atoms with E-state index in [0.717, 1.165) is 17.8 Å². The van der Waals surface area contributed by atoms with Crippen LogP contribution in [-0.4, -0.2) is 9.55 Å². The molecule has 24 heavy (non-hydrogen) atoms. The first-order chi connectivity index (χ1) is 11.5. The van der Waals surface area contributed by atoms with E-state index in [1.807, 2.05) is 0 Å². The van der Waals surface area contributed by atoms with E-state index in [-0.39, 0.29) is 5.56 Å². The van der Waals surface area contributed by atoms with Crippen LogP contribution < -0.4 is 11.3 Å². The molecule has 1 aliphatic rings. The molecule has 0 bridgehead atoms. The maximum atomic E-state index is 12.7. The fourth-order valence-electron chi connectivity index (χ4n) is 3.35. The molecule has 1 aromatic heterocycles. The third-order valence-electron chi connectivity index (χ3n) is 4.63. The van der Waals surface area contributed by atoms with Crippen LogP contribution in [0.5, 0.6) is 0 Å². The zero-order chi connectivity index (χ0) is 16.8. The smallest absolute Gasteiger partial charge is 0.261 e. The molecule has 0 aliphatic carbocycles. The van der Waals surface area contributed by atoms with Crippen LogP contribution in [-0.2, 0) is 6.54 Å². The number of hydrogen-bond acceptors (Lipinski definition) is 3. The zero-order valence-corrected chi connectivity index (χ0v) is 13.8. The number of hydrogen-bond donors (Lipinski definition) is 1. The van der Waals surface area contributed by atoms with Crippen LogP contribution in [0.15, 0.2) is 41.2 Å². The van der Waals surface area contributed by atoms with Gasteiger partial charge in [-0.15, -0.1) is 0 Å². The van der Waals surface area contributed by atoms with Crippen molar-refractivity contribution >= 4 is 28.2 Å². The van der Waals surface area contributed by atoms with Crippen molar-refractivity contribution < 1.29 is 0 Å². The molecule has 3 aromatic rings. The Hall–Kier alpha value is -2.88. The average Bonchev–Trinajstić information content (AvgIpc) is 2.93. The van der Waals surface area contributed by atoms with Gasteiger partial charge in [0.25, 0.3) is 5.56 Å². The van der Waals surface area contributed by atoms with Crippen LogP contribution in [0.3, 0.4) is 0 Å². The van der Waals surface area contributed by atoms with Gasteiger partial charge in [0, 0.05) is 12.2 Å². The average molecular weight is 317 g/mol. The van der Waals surface area contributed by atoms with Gasteiger partial charge in [-0.05, 0) is 61.2 Å². The molecule has 0 fully saturated rings. The van der Waals surface area contributed by atoms with Crippen molar-refractivity contribution in [2.75, 3.05) is 5.73 Å². The highest BCUT2D eigenvalue weighted by molar-refractivity contribution is 5.86. The second-order valence-corrected chi connectivity index (χ2v) is 6.45. The predicted octanol–water partition coefficient (Wildman–Crippen LogP) is 3.54. The van der Waals surface area contributed by atoms with Gasteiger partial charge in [0.1, 0.15) is 5.82 Å². The quantitative estimate of drug-likeness (QED) is 0.698. The lowest BCUT2D eigenvalue weighted by Crippen LogP contribution is -2.20. The zero-order valence-electron chi connectivity index (χ0n) is 13.8.